The van der Waals surface area contributed by atoms with Crippen molar-refractivity contribution in [3.63, 3.8) is 0 Å². The lowest BCUT2D eigenvalue weighted by Gasteiger charge is -2.40. The molecule has 1 aromatic rings. The highest BCUT2D eigenvalue weighted by Gasteiger charge is 2.32. The van der Waals surface area contributed by atoms with Crippen LogP contribution in [0.5, 0.6) is 0 Å². The fourth-order valence-corrected chi connectivity index (χ4v) is 3.67. The van der Waals surface area contributed by atoms with Crippen LogP contribution >= 0.6 is 0 Å². The molecule has 1 aromatic carbocycles. The maximum atomic E-state index is 5.57. The molecule has 1 aliphatic carbocycles. The maximum absolute atomic E-state index is 5.57. The fourth-order valence-electron chi connectivity index (χ4n) is 3.67. The van der Waals surface area contributed by atoms with Gasteiger partial charge in [-0.15, -0.1) is 0 Å². The first-order valence-corrected chi connectivity index (χ1v) is 7.92. The van der Waals surface area contributed by atoms with Gasteiger partial charge in [-0.05, 0) is 43.6 Å². The Labute approximate surface area is 123 Å². The van der Waals surface area contributed by atoms with E-state index in [4.69, 9.17) is 4.74 Å². The molecule has 0 bridgehead atoms. The summed E-state index contributed by atoms with van der Waals surface area (Å²) < 4.78 is 5.57. The first-order chi connectivity index (χ1) is 9.50. The number of para-hydroxylation sites is 1. The molecule has 0 radical (unpaired) electrons. The van der Waals surface area contributed by atoms with E-state index in [0.29, 0.717) is 18.1 Å². The average molecular weight is 275 g/mol. The van der Waals surface area contributed by atoms with E-state index in [9.17, 15) is 0 Å². The lowest BCUT2D eigenvalue weighted by atomic mass is 9.70. The van der Waals surface area contributed by atoms with Crippen LogP contribution in [-0.4, -0.2) is 12.6 Å². The van der Waals surface area contributed by atoms with Crippen molar-refractivity contribution >= 4 is 5.69 Å². The second-order valence-corrected chi connectivity index (χ2v) is 7.05. The van der Waals surface area contributed by atoms with Crippen molar-refractivity contribution in [1.82, 2.24) is 0 Å². The van der Waals surface area contributed by atoms with Gasteiger partial charge >= 0.3 is 0 Å². The Hall–Kier alpha value is -1.02. The zero-order valence-electron chi connectivity index (χ0n) is 13.4. The molecule has 2 unspecified atom stereocenters. The fraction of sp³-hybridized carbons (Fsp3) is 0.667. The summed E-state index contributed by atoms with van der Waals surface area (Å²) in [6, 6.07) is 9.12. The molecule has 0 aromatic heterocycles. The minimum Gasteiger partial charge on any atom is -0.382 e. The molecule has 0 heterocycles. The maximum Gasteiger partial charge on any atom is 0.0736 e. The quantitative estimate of drug-likeness (QED) is 0.829. The standard InChI is InChI=1S/C18H29NO/c1-5-20-13-15-8-6-7-9-17(15)19-16-10-14(2)11-18(3,4)12-16/h6-9,14,16,19H,5,10-13H2,1-4H3. The molecule has 20 heavy (non-hydrogen) atoms. The molecule has 0 spiro atoms. The minimum atomic E-state index is 0.449. The Morgan fingerprint density at radius 1 is 1.25 bits per heavy atom. The van der Waals surface area contributed by atoms with Crippen molar-refractivity contribution in [3.05, 3.63) is 29.8 Å². The lowest BCUT2D eigenvalue weighted by Crippen LogP contribution is -2.35. The Kier molecular flexibility index (Phi) is 5.09. The van der Waals surface area contributed by atoms with Crippen molar-refractivity contribution < 1.29 is 4.74 Å². The first kappa shape index (κ1) is 15.4. The van der Waals surface area contributed by atoms with Gasteiger partial charge in [0, 0.05) is 23.9 Å². The minimum absolute atomic E-state index is 0.449. The molecule has 0 aliphatic heterocycles. The Morgan fingerprint density at radius 3 is 2.70 bits per heavy atom. The largest absolute Gasteiger partial charge is 0.382 e. The van der Waals surface area contributed by atoms with Gasteiger partial charge in [-0.1, -0.05) is 39.0 Å². The van der Waals surface area contributed by atoms with E-state index >= 15 is 0 Å². The van der Waals surface area contributed by atoms with Gasteiger partial charge in [-0.2, -0.15) is 0 Å². The zero-order valence-corrected chi connectivity index (χ0v) is 13.4. The first-order valence-electron chi connectivity index (χ1n) is 7.92. The molecule has 0 amide bonds. The number of rotatable bonds is 5. The van der Waals surface area contributed by atoms with Gasteiger partial charge in [0.25, 0.3) is 0 Å². The van der Waals surface area contributed by atoms with Crippen LogP contribution in [-0.2, 0) is 11.3 Å². The summed E-state index contributed by atoms with van der Waals surface area (Å²) in [4.78, 5) is 0. The molecular formula is C18H29NO. The number of ether oxygens (including phenoxy) is 1. The van der Waals surface area contributed by atoms with E-state index in [1.807, 2.05) is 6.92 Å². The SMILES string of the molecule is CCOCc1ccccc1NC1CC(C)CC(C)(C)C1. The summed E-state index contributed by atoms with van der Waals surface area (Å²) in [5.41, 5.74) is 2.96. The van der Waals surface area contributed by atoms with Gasteiger partial charge in [0.1, 0.15) is 0 Å². The van der Waals surface area contributed by atoms with Gasteiger partial charge in [0.2, 0.25) is 0 Å². The number of benzene rings is 1. The van der Waals surface area contributed by atoms with E-state index in [1.54, 1.807) is 0 Å². The van der Waals surface area contributed by atoms with E-state index in [1.165, 1.54) is 30.5 Å². The van der Waals surface area contributed by atoms with Crippen LogP contribution in [0.2, 0.25) is 0 Å². The molecule has 2 heteroatoms. The van der Waals surface area contributed by atoms with E-state index in [2.05, 4.69) is 50.4 Å². The lowest BCUT2D eigenvalue weighted by molar-refractivity contribution is 0.134. The highest BCUT2D eigenvalue weighted by atomic mass is 16.5. The van der Waals surface area contributed by atoms with Crippen LogP contribution in [0.15, 0.2) is 24.3 Å². The van der Waals surface area contributed by atoms with Crippen LogP contribution in [0.4, 0.5) is 5.69 Å². The topological polar surface area (TPSA) is 21.3 Å². The predicted octanol–water partition coefficient (Wildman–Crippen LogP) is 4.85. The zero-order chi connectivity index (χ0) is 14.6. The van der Waals surface area contributed by atoms with Gasteiger partial charge < -0.3 is 10.1 Å². The van der Waals surface area contributed by atoms with Crippen molar-refractivity contribution in [2.75, 3.05) is 11.9 Å². The molecule has 112 valence electrons. The molecule has 1 aliphatic rings. The van der Waals surface area contributed by atoms with Crippen LogP contribution in [0.25, 0.3) is 0 Å². The van der Waals surface area contributed by atoms with Gasteiger partial charge in [0.15, 0.2) is 0 Å². The summed E-state index contributed by atoms with van der Waals surface area (Å²) in [5.74, 6) is 0.801. The van der Waals surface area contributed by atoms with Crippen LogP contribution in [0.3, 0.4) is 0 Å². The third-order valence-electron chi connectivity index (χ3n) is 4.23. The third-order valence-corrected chi connectivity index (χ3v) is 4.23. The van der Waals surface area contributed by atoms with E-state index in [-0.39, 0.29) is 0 Å². The average Bonchev–Trinajstić information content (AvgIpc) is 2.35. The second-order valence-electron chi connectivity index (χ2n) is 7.05. The van der Waals surface area contributed by atoms with Crippen molar-refractivity contribution in [1.29, 1.82) is 0 Å². The molecule has 2 atom stereocenters. The Bertz CT molecular complexity index is 427. The molecule has 2 nitrogen and oxygen atoms in total. The van der Waals surface area contributed by atoms with E-state index in [0.717, 1.165) is 12.5 Å². The number of nitrogens with one attached hydrogen (secondary N) is 1. The monoisotopic (exact) mass is 275 g/mol. The molecule has 0 saturated heterocycles. The smallest absolute Gasteiger partial charge is 0.0736 e. The normalized spacial score (nSPS) is 25.4. The number of anilines is 1. The van der Waals surface area contributed by atoms with Crippen LogP contribution in [0.1, 0.15) is 52.5 Å². The van der Waals surface area contributed by atoms with Crippen LogP contribution in [0, 0.1) is 11.3 Å². The van der Waals surface area contributed by atoms with Crippen molar-refractivity contribution in [2.45, 2.75) is 59.6 Å². The molecular weight excluding hydrogens is 246 g/mol. The Balaban J connectivity index is 2.05. The number of hydrogen-bond donors (Lipinski definition) is 1. The molecule has 1 fully saturated rings. The van der Waals surface area contributed by atoms with E-state index < -0.39 is 0 Å². The highest BCUT2D eigenvalue weighted by molar-refractivity contribution is 5.51. The van der Waals surface area contributed by atoms with Crippen molar-refractivity contribution in [2.24, 2.45) is 11.3 Å². The van der Waals surface area contributed by atoms with Crippen molar-refractivity contribution in [3.8, 4) is 0 Å². The highest BCUT2D eigenvalue weighted by Crippen LogP contribution is 2.39. The molecule has 2 rings (SSSR count). The Morgan fingerprint density at radius 2 is 2.00 bits per heavy atom. The summed E-state index contributed by atoms with van der Waals surface area (Å²) in [6.45, 7) is 10.7. The number of hydrogen-bond acceptors (Lipinski definition) is 2. The van der Waals surface area contributed by atoms with Crippen LogP contribution < -0.4 is 5.32 Å². The van der Waals surface area contributed by atoms with Gasteiger partial charge in [-0.3, -0.25) is 0 Å². The second kappa shape index (κ2) is 6.62. The molecule has 1 saturated carbocycles. The predicted molar refractivity (Wildman–Crippen MR) is 86.0 cm³/mol. The van der Waals surface area contributed by atoms with Gasteiger partial charge in [-0.25, -0.2) is 0 Å². The summed E-state index contributed by atoms with van der Waals surface area (Å²) in [6.07, 6.45) is 3.86. The summed E-state index contributed by atoms with van der Waals surface area (Å²) in [5, 5.41) is 3.76. The summed E-state index contributed by atoms with van der Waals surface area (Å²) in [7, 11) is 0. The molecule has 1 N–H and O–H groups in total. The third kappa shape index (κ3) is 4.24. The summed E-state index contributed by atoms with van der Waals surface area (Å²) >= 11 is 0. The van der Waals surface area contributed by atoms with Gasteiger partial charge in [0.05, 0.1) is 6.61 Å².